The molecule has 0 bridgehead atoms. The van der Waals surface area contributed by atoms with E-state index in [1.165, 1.54) is 94.2 Å². The molecule has 0 aromatic heterocycles. The summed E-state index contributed by atoms with van der Waals surface area (Å²) in [7, 11) is 0. The smallest absolute Gasteiger partial charge is 0.172 e. The third-order valence-corrected chi connectivity index (χ3v) is 10.3. The summed E-state index contributed by atoms with van der Waals surface area (Å²) in [5.74, 6) is 0. The molecule has 0 radical (unpaired) electrons. The Morgan fingerprint density at radius 3 is 1.60 bits per heavy atom. The molecule has 5 aromatic rings. The Morgan fingerprint density at radius 2 is 1.10 bits per heavy atom. The van der Waals surface area contributed by atoms with Crippen molar-refractivity contribution < 1.29 is 49.0 Å². The van der Waals surface area contributed by atoms with Gasteiger partial charge in [-0.15, -0.1) is 28.8 Å². The van der Waals surface area contributed by atoms with E-state index in [2.05, 4.69) is 126 Å². The molecule has 5 aromatic carbocycles. The molecule has 0 aliphatic heterocycles. The Bertz CT molecular complexity index is 1590. The zero-order valence-corrected chi connectivity index (χ0v) is 33.6. The molecule has 7 rings (SSSR count). The van der Waals surface area contributed by atoms with Gasteiger partial charge in [-0.2, -0.15) is 18.2 Å². The summed E-state index contributed by atoms with van der Waals surface area (Å²) in [6.45, 7) is 13.9. The molecule has 0 heterocycles. The van der Waals surface area contributed by atoms with Gasteiger partial charge in [-0.05, 0) is 39.5 Å². The molecule has 2 aliphatic carbocycles. The molecule has 250 valence electrons. The summed E-state index contributed by atoms with van der Waals surface area (Å²) in [5.41, 5.74) is 13.5. The van der Waals surface area contributed by atoms with Crippen LogP contribution < -0.4 is 24.8 Å². The van der Waals surface area contributed by atoms with Crippen molar-refractivity contribution in [1.29, 1.82) is 0 Å². The number of hydrogen-bond acceptors (Lipinski definition) is 0. The van der Waals surface area contributed by atoms with Crippen LogP contribution in [0.5, 0.6) is 0 Å². The fraction of sp³-hybridized carbons (Fsp3) is 0.333. The minimum atomic E-state index is 0. The van der Waals surface area contributed by atoms with Crippen LogP contribution in [-0.4, -0.2) is 3.21 Å². The van der Waals surface area contributed by atoms with E-state index in [1.807, 2.05) is 33.5 Å². The third kappa shape index (κ3) is 10.3. The molecule has 0 nitrogen and oxygen atoms in total. The minimum Gasteiger partial charge on any atom is -0.214 e. The second-order valence-corrected chi connectivity index (χ2v) is 16.6. The minimum absolute atomic E-state index is 0. The van der Waals surface area contributed by atoms with Crippen LogP contribution in [0, 0.1) is 6.07 Å². The van der Waals surface area contributed by atoms with E-state index in [9.17, 15) is 0 Å². The maximum absolute atomic E-state index is 3.88. The van der Waals surface area contributed by atoms with Gasteiger partial charge in [0.15, 0.2) is 0 Å². The topological polar surface area (TPSA) is 0 Å². The summed E-state index contributed by atoms with van der Waals surface area (Å²) in [6, 6.07) is 42.8. The van der Waals surface area contributed by atoms with Crippen LogP contribution in [0.2, 0.25) is 0 Å². The predicted octanol–water partition coefficient (Wildman–Crippen LogP) is 6.46. The summed E-state index contributed by atoms with van der Waals surface area (Å²) < 4.78 is 1.81. The molecule has 0 amide bonds. The van der Waals surface area contributed by atoms with Gasteiger partial charge < -0.3 is 24.8 Å². The molecular weight excluding hydrogens is 703 g/mol. The summed E-state index contributed by atoms with van der Waals surface area (Å²) >= 11 is 1.69. The standard InChI is InChI=1S/C33H33.C7H12.C5H5.2ClH.Zr/c1-32(2,3)30-20-26-24(18-28(30)22-13-9-7-10-14-22)17-25-19-29(23-15-11-8-12-16-23)31(21-27(25)26)33(4,5)6;1-2-4-6-7-5-3-1;1-2-4-5-3-1;;;/h7-16,18,20-21H,17H2,1-6H3;1-6H2;1-5H;2*1H;/q-1;;-1;;;+2/p-2. The van der Waals surface area contributed by atoms with Crippen LogP contribution in [-0.2, 0) is 41.5 Å². The largest absolute Gasteiger partial charge is 0.214 e. The van der Waals surface area contributed by atoms with E-state index < -0.39 is 0 Å². The molecule has 0 unspecified atom stereocenters. The van der Waals surface area contributed by atoms with Gasteiger partial charge in [-0.1, -0.05) is 131 Å². The Balaban J connectivity index is 0.000000348. The van der Waals surface area contributed by atoms with E-state index in [0.29, 0.717) is 0 Å². The van der Waals surface area contributed by atoms with Crippen molar-refractivity contribution in [2.24, 2.45) is 0 Å². The molecule has 0 saturated heterocycles. The summed E-state index contributed by atoms with van der Waals surface area (Å²) in [4.78, 5) is 0. The van der Waals surface area contributed by atoms with Gasteiger partial charge in [0, 0.05) is 0 Å². The van der Waals surface area contributed by atoms with Crippen molar-refractivity contribution in [3.05, 3.63) is 138 Å². The monoisotopic (exact) mass is 750 g/mol. The van der Waals surface area contributed by atoms with E-state index in [-0.39, 0.29) is 35.6 Å². The van der Waals surface area contributed by atoms with Crippen LogP contribution in [0.25, 0.3) is 33.4 Å². The van der Waals surface area contributed by atoms with E-state index >= 15 is 0 Å². The van der Waals surface area contributed by atoms with Gasteiger partial charge in [0.05, 0.1) is 0 Å². The molecular formula is C45H50Cl2Zr-2. The first-order valence-electron chi connectivity index (χ1n) is 17.1. The Kier molecular flexibility index (Phi) is 15.0. The molecule has 1 fully saturated rings. The van der Waals surface area contributed by atoms with E-state index in [4.69, 9.17) is 0 Å². The number of fused-ring (bicyclic) bond motifs is 3. The fourth-order valence-electron chi connectivity index (χ4n) is 6.58. The average molecular weight is 753 g/mol. The maximum Gasteiger partial charge on any atom is -0.172 e. The summed E-state index contributed by atoms with van der Waals surface area (Å²) in [6.07, 6.45) is 9.74. The molecule has 3 heteroatoms. The number of hydrogen-bond donors (Lipinski definition) is 0. The molecule has 0 spiro atoms. The van der Waals surface area contributed by atoms with E-state index in [0.717, 1.165) is 6.42 Å². The first kappa shape index (κ1) is 40.0. The van der Waals surface area contributed by atoms with Crippen molar-refractivity contribution in [2.45, 2.75) is 97.3 Å². The van der Waals surface area contributed by atoms with Gasteiger partial charge in [0.25, 0.3) is 0 Å². The van der Waals surface area contributed by atoms with Crippen molar-refractivity contribution in [3.63, 3.8) is 0 Å². The Morgan fingerprint density at radius 1 is 0.583 bits per heavy atom. The van der Waals surface area contributed by atoms with Crippen LogP contribution in [0.15, 0.2) is 109 Å². The second kappa shape index (κ2) is 18.0. The SMILES string of the molecule is CC(C)(C)c1cc2c([c-]c1-c1ccccc1)Cc1cc(-c3ccccc3)c(C(C)(C)C)cc1-2.[Cl-].[Cl-].[Zr+2]=[C]1CCCCCC1.c1cc[cH-]c1. The average Bonchev–Trinajstić information content (AvgIpc) is 3.68. The zero-order valence-electron chi connectivity index (χ0n) is 29.6. The van der Waals surface area contributed by atoms with Crippen LogP contribution in [0.4, 0.5) is 0 Å². The molecule has 0 N–H and O–H groups in total. The molecule has 0 atom stereocenters. The first-order valence-corrected chi connectivity index (χ1v) is 18.4. The van der Waals surface area contributed by atoms with Crippen molar-refractivity contribution in [3.8, 4) is 33.4 Å². The van der Waals surface area contributed by atoms with Crippen molar-refractivity contribution in [2.75, 3.05) is 0 Å². The predicted molar refractivity (Wildman–Crippen MR) is 197 cm³/mol. The second-order valence-electron chi connectivity index (χ2n) is 14.9. The third-order valence-electron chi connectivity index (χ3n) is 9.09. The van der Waals surface area contributed by atoms with Crippen LogP contribution in [0.3, 0.4) is 0 Å². The quantitative estimate of drug-likeness (QED) is 0.141. The molecule has 2 aliphatic rings. The number of rotatable bonds is 2. The van der Waals surface area contributed by atoms with Gasteiger partial charge in [0.2, 0.25) is 0 Å². The summed E-state index contributed by atoms with van der Waals surface area (Å²) in [5, 5.41) is 0. The fourth-order valence-corrected chi connectivity index (χ4v) is 7.45. The zero-order chi connectivity index (χ0) is 32.7. The Labute approximate surface area is 318 Å². The van der Waals surface area contributed by atoms with Crippen LogP contribution >= 0.6 is 0 Å². The number of benzene rings is 4. The van der Waals surface area contributed by atoms with Crippen molar-refractivity contribution in [1.82, 2.24) is 0 Å². The van der Waals surface area contributed by atoms with E-state index in [1.54, 1.807) is 24.2 Å². The van der Waals surface area contributed by atoms with Gasteiger partial charge >= 0.3 is 66.0 Å². The molecule has 1 saturated carbocycles. The maximum atomic E-state index is 3.88. The normalized spacial score (nSPS) is 13.6. The van der Waals surface area contributed by atoms with Gasteiger partial charge in [-0.25, -0.2) is 12.1 Å². The molecule has 48 heavy (non-hydrogen) atoms. The first-order chi connectivity index (χ1) is 22.0. The van der Waals surface area contributed by atoms with Crippen molar-refractivity contribution >= 4 is 3.21 Å². The Hall–Kier alpha value is -2.44. The van der Waals surface area contributed by atoms with Gasteiger partial charge in [-0.3, -0.25) is 0 Å². The number of halogens is 2. The van der Waals surface area contributed by atoms with Crippen LogP contribution in [0.1, 0.15) is 102 Å². The van der Waals surface area contributed by atoms with Gasteiger partial charge in [0.1, 0.15) is 0 Å².